The molecule has 5 heteroatoms. The Morgan fingerprint density at radius 2 is 2.38 bits per heavy atom. The molecule has 0 radical (unpaired) electrons. The fraction of sp³-hybridized carbons (Fsp3) is 1.00. The molecular weight excluding hydrogens is 146 g/mol. The number of nitrogens with zero attached hydrogens (tertiary/aromatic N) is 1. The normalized spacial score (nSPS) is 14.5. The zero-order valence-corrected chi connectivity index (χ0v) is 6.24. The summed E-state index contributed by atoms with van der Waals surface area (Å²) in [5.74, 6) is 0.560. The van der Waals surface area contributed by atoms with Gasteiger partial charge in [-0.25, -0.2) is 4.31 Å². The summed E-state index contributed by atoms with van der Waals surface area (Å²) in [6.07, 6.45) is 0. The van der Waals surface area contributed by atoms with Gasteiger partial charge in [-0.2, -0.15) is 12.6 Å². The lowest BCUT2D eigenvalue weighted by atomic mass is 10.8. The van der Waals surface area contributed by atoms with Crippen molar-refractivity contribution in [2.24, 2.45) is 0 Å². The van der Waals surface area contributed by atoms with Crippen LogP contribution in [0.2, 0.25) is 0 Å². The lowest BCUT2D eigenvalue weighted by Crippen LogP contribution is -2.22. The van der Waals surface area contributed by atoms with E-state index in [2.05, 4.69) is 12.6 Å². The molecule has 0 bridgehead atoms. The van der Waals surface area contributed by atoms with Crippen LogP contribution in [0, 0.1) is 0 Å². The molecule has 1 atom stereocenters. The van der Waals surface area contributed by atoms with E-state index < -0.39 is 11.3 Å². The molecule has 0 heterocycles. The van der Waals surface area contributed by atoms with Crippen LogP contribution in [-0.2, 0) is 11.3 Å². The number of hydrogen-bond acceptors (Lipinski definition) is 3. The van der Waals surface area contributed by atoms with Crippen molar-refractivity contribution >= 4 is 23.9 Å². The Labute approximate surface area is 56.9 Å². The van der Waals surface area contributed by atoms with E-state index in [0.717, 1.165) is 0 Å². The highest BCUT2D eigenvalue weighted by Gasteiger charge is 1.91. The first-order chi connectivity index (χ1) is 3.68. The largest absolute Gasteiger partial charge is 0.760 e. The third-order valence-electron chi connectivity index (χ3n) is 0.669. The molecule has 0 aromatic rings. The fourth-order valence-electron chi connectivity index (χ4n) is 0.215. The van der Waals surface area contributed by atoms with Crippen molar-refractivity contribution in [2.45, 2.75) is 0 Å². The Morgan fingerprint density at radius 1 is 1.88 bits per heavy atom. The van der Waals surface area contributed by atoms with Crippen LogP contribution < -0.4 is 0 Å². The maximum absolute atomic E-state index is 9.98. The first-order valence-electron chi connectivity index (χ1n) is 2.10. The molecule has 0 aliphatic rings. The highest BCUT2D eigenvalue weighted by molar-refractivity contribution is 7.80. The maximum atomic E-state index is 9.98. The zero-order valence-electron chi connectivity index (χ0n) is 4.53. The first kappa shape index (κ1) is 8.42. The fourth-order valence-corrected chi connectivity index (χ4v) is 0.891. The van der Waals surface area contributed by atoms with Gasteiger partial charge in [0.15, 0.2) is 0 Å². The topological polar surface area (TPSA) is 43.4 Å². The highest BCUT2D eigenvalue weighted by atomic mass is 32.2. The predicted octanol–water partition coefficient (Wildman–Crippen LogP) is -0.358. The van der Waals surface area contributed by atoms with Crippen LogP contribution in [-0.4, -0.2) is 32.4 Å². The average Bonchev–Trinajstić information content (AvgIpc) is 1.67. The van der Waals surface area contributed by atoms with E-state index in [1.807, 2.05) is 0 Å². The molecule has 0 aliphatic carbocycles. The molecule has 0 aromatic heterocycles. The minimum Gasteiger partial charge on any atom is -0.760 e. The van der Waals surface area contributed by atoms with Crippen molar-refractivity contribution in [3.8, 4) is 0 Å². The molecule has 0 aromatic carbocycles. The molecule has 0 fully saturated rings. The molecule has 0 saturated heterocycles. The third kappa shape index (κ3) is 3.43. The molecule has 50 valence electrons. The van der Waals surface area contributed by atoms with E-state index in [4.69, 9.17) is 0 Å². The van der Waals surface area contributed by atoms with Gasteiger partial charge in [0, 0.05) is 23.6 Å². The summed E-state index contributed by atoms with van der Waals surface area (Å²) in [7, 11) is 1.50. The van der Waals surface area contributed by atoms with Crippen LogP contribution in [0.15, 0.2) is 0 Å². The van der Waals surface area contributed by atoms with Crippen molar-refractivity contribution < 1.29 is 8.76 Å². The minimum absolute atomic E-state index is 0.471. The van der Waals surface area contributed by atoms with E-state index >= 15 is 0 Å². The van der Waals surface area contributed by atoms with Gasteiger partial charge in [-0.05, 0) is 7.05 Å². The second-order valence-electron chi connectivity index (χ2n) is 1.29. The zero-order chi connectivity index (χ0) is 6.57. The second-order valence-corrected chi connectivity index (χ2v) is 2.80. The summed E-state index contributed by atoms with van der Waals surface area (Å²) < 4.78 is 21.1. The van der Waals surface area contributed by atoms with Gasteiger partial charge in [-0.1, -0.05) is 0 Å². The number of thiol groups is 1. The predicted molar refractivity (Wildman–Crippen MR) is 35.4 cm³/mol. The van der Waals surface area contributed by atoms with Crippen LogP contribution in [0.3, 0.4) is 0 Å². The second kappa shape index (κ2) is 4.31. The Morgan fingerprint density at radius 3 is 2.50 bits per heavy atom. The minimum atomic E-state index is -2.08. The van der Waals surface area contributed by atoms with Gasteiger partial charge in [0.2, 0.25) is 0 Å². The van der Waals surface area contributed by atoms with Gasteiger partial charge in [-0.15, -0.1) is 0 Å². The summed E-state index contributed by atoms with van der Waals surface area (Å²) in [6.45, 7) is 0.471. The van der Waals surface area contributed by atoms with E-state index in [1.54, 1.807) is 0 Å². The summed E-state index contributed by atoms with van der Waals surface area (Å²) in [4.78, 5) is 0. The Hall–Kier alpha value is 0.420. The van der Waals surface area contributed by atoms with Gasteiger partial charge in [0.05, 0.1) is 0 Å². The standard InChI is InChI=1S/C3H9NO2S2/c1-4(2-3-7)8(5)6/h7H,2-3H2,1H3,(H,5,6)/p-1. The van der Waals surface area contributed by atoms with Crippen LogP contribution in [0.1, 0.15) is 0 Å². The Bertz CT molecular complexity index is 87.4. The molecular formula is C3H8NO2S2-. The van der Waals surface area contributed by atoms with E-state index in [0.29, 0.717) is 12.3 Å². The van der Waals surface area contributed by atoms with Gasteiger partial charge >= 0.3 is 0 Å². The van der Waals surface area contributed by atoms with Crippen LogP contribution >= 0.6 is 12.6 Å². The third-order valence-corrected chi connectivity index (χ3v) is 1.56. The van der Waals surface area contributed by atoms with Crippen LogP contribution in [0.25, 0.3) is 0 Å². The quantitative estimate of drug-likeness (QED) is 0.446. The van der Waals surface area contributed by atoms with Crippen molar-refractivity contribution in [3.05, 3.63) is 0 Å². The molecule has 1 unspecified atom stereocenters. The molecule has 0 N–H and O–H groups in total. The average molecular weight is 154 g/mol. The number of rotatable bonds is 3. The summed E-state index contributed by atoms with van der Waals surface area (Å²) in [5, 5.41) is 0. The van der Waals surface area contributed by atoms with E-state index in [9.17, 15) is 8.76 Å². The molecule has 0 rings (SSSR count). The Kier molecular flexibility index (Phi) is 4.54. The molecule has 3 nitrogen and oxygen atoms in total. The lowest BCUT2D eigenvalue weighted by molar-refractivity contribution is 0.447. The van der Waals surface area contributed by atoms with Crippen molar-refractivity contribution in [1.29, 1.82) is 0 Å². The molecule has 0 aliphatic heterocycles. The maximum Gasteiger partial charge on any atom is 0.0206 e. The van der Waals surface area contributed by atoms with Crippen molar-refractivity contribution in [1.82, 2.24) is 4.31 Å². The summed E-state index contributed by atoms with van der Waals surface area (Å²) in [6, 6.07) is 0. The smallest absolute Gasteiger partial charge is 0.0206 e. The lowest BCUT2D eigenvalue weighted by Gasteiger charge is -2.16. The van der Waals surface area contributed by atoms with Crippen molar-refractivity contribution in [2.75, 3.05) is 19.3 Å². The molecule has 0 spiro atoms. The monoisotopic (exact) mass is 154 g/mol. The van der Waals surface area contributed by atoms with Crippen molar-refractivity contribution in [3.63, 3.8) is 0 Å². The van der Waals surface area contributed by atoms with E-state index in [-0.39, 0.29) is 0 Å². The summed E-state index contributed by atoms with van der Waals surface area (Å²) >= 11 is 1.76. The molecule has 0 saturated carbocycles. The number of hydrogen-bond donors (Lipinski definition) is 1. The van der Waals surface area contributed by atoms with Crippen LogP contribution in [0.4, 0.5) is 0 Å². The van der Waals surface area contributed by atoms with Gasteiger partial charge in [0.25, 0.3) is 0 Å². The van der Waals surface area contributed by atoms with Gasteiger partial charge in [-0.3, -0.25) is 4.21 Å². The van der Waals surface area contributed by atoms with Crippen LogP contribution in [0.5, 0.6) is 0 Å². The van der Waals surface area contributed by atoms with Gasteiger partial charge < -0.3 is 4.55 Å². The SMILES string of the molecule is CN(CCS)S(=O)[O-]. The van der Waals surface area contributed by atoms with E-state index in [1.165, 1.54) is 11.4 Å². The molecule has 0 amide bonds. The Balaban J connectivity index is 3.32. The highest BCUT2D eigenvalue weighted by Crippen LogP contribution is 1.85. The molecule has 8 heavy (non-hydrogen) atoms. The first-order valence-corrected chi connectivity index (χ1v) is 3.76. The summed E-state index contributed by atoms with van der Waals surface area (Å²) in [5.41, 5.74) is 0. The van der Waals surface area contributed by atoms with Gasteiger partial charge in [0.1, 0.15) is 0 Å².